The number of nitrogens with zero attached hydrogens (tertiary/aromatic N) is 18. The summed E-state index contributed by atoms with van der Waals surface area (Å²) >= 11 is 0. The highest BCUT2D eigenvalue weighted by atomic mass is 32.2. The summed E-state index contributed by atoms with van der Waals surface area (Å²) < 4.78 is 113. The molecule has 33 nitrogen and oxygen atoms in total. The monoisotopic (exact) mass is 1700 g/mol. The summed E-state index contributed by atoms with van der Waals surface area (Å²) in [6.07, 6.45) is 35.7. The van der Waals surface area contributed by atoms with Crippen LogP contribution in [0.3, 0.4) is 0 Å². The number of fused-ring (bicyclic) bond motifs is 18. The van der Waals surface area contributed by atoms with Crippen LogP contribution >= 0.6 is 0 Å². The highest BCUT2D eigenvalue weighted by Crippen LogP contribution is 2.50. The summed E-state index contributed by atoms with van der Waals surface area (Å²) in [7, 11) is -12.3. The number of aromatic nitrogens is 15. The molecule has 6 aliphatic heterocycles. The first-order valence-corrected chi connectivity index (χ1v) is 46.7. The molecule has 3 saturated heterocycles. The Balaban J connectivity index is 0.000000134. The molecule has 12 bridgehead atoms. The van der Waals surface area contributed by atoms with Crippen molar-refractivity contribution in [2.75, 3.05) is 54.2 Å². The van der Waals surface area contributed by atoms with Crippen molar-refractivity contribution in [3.8, 4) is 35.1 Å². The zero-order valence-electron chi connectivity index (χ0n) is 70.0. The number of nitrogens with one attached hydrogen (secondary N) is 3. The van der Waals surface area contributed by atoms with E-state index in [-0.39, 0.29) is 48.0 Å². The number of hydrogen-bond acceptors (Lipinski definition) is 24. The van der Waals surface area contributed by atoms with E-state index in [1.54, 1.807) is 101 Å². The number of rotatable bonds is 15. The molecule has 3 amide bonds. The average Bonchev–Trinajstić information content (AvgIpc) is 1.62. The molecule has 642 valence electrons. The van der Waals surface area contributed by atoms with Crippen LogP contribution in [-0.4, -0.2) is 173 Å². The first-order valence-electron chi connectivity index (χ1n) is 42.3. The van der Waals surface area contributed by atoms with Gasteiger partial charge in [-0.2, -0.15) is 15.3 Å². The van der Waals surface area contributed by atoms with Crippen LogP contribution in [0.2, 0.25) is 0 Å². The Kier molecular flexibility index (Phi) is 22.7. The van der Waals surface area contributed by atoms with E-state index in [1.165, 1.54) is 75.7 Å². The molecule has 0 aromatic carbocycles. The molecule has 3 N–H and O–H groups in total. The van der Waals surface area contributed by atoms with Crippen LogP contribution in [0, 0.1) is 34.0 Å². The zero-order chi connectivity index (χ0) is 84.4. The molecule has 3 atom stereocenters. The molecule has 3 aliphatic carbocycles. The molecular weight excluding hydrogens is 1590 g/mol. The van der Waals surface area contributed by atoms with Crippen LogP contribution < -0.4 is 43.1 Å². The van der Waals surface area contributed by atoms with Crippen molar-refractivity contribution in [1.82, 2.24) is 87.8 Å². The van der Waals surface area contributed by atoms with Gasteiger partial charge in [0.15, 0.2) is 17.5 Å². The zero-order valence-corrected chi connectivity index (χ0v) is 72.5. The van der Waals surface area contributed by atoms with Gasteiger partial charge in [-0.05, 0) is 228 Å². The second-order valence-electron chi connectivity index (χ2n) is 37.2. The number of aryl methyl sites for hydroxylation is 3. The van der Waals surface area contributed by atoms with Crippen molar-refractivity contribution in [3.05, 3.63) is 127 Å². The third kappa shape index (κ3) is 19.1. The van der Waals surface area contributed by atoms with Crippen LogP contribution in [0.25, 0.3) is 17.5 Å². The molecule has 3 saturated carbocycles. The second-order valence-corrected chi connectivity index (χ2v) is 42.3. The van der Waals surface area contributed by atoms with Gasteiger partial charge in [-0.25, -0.2) is 68.4 Å². The SMILES string of the molecule is CC1(CCOc2ccn(-c3ccc4c(n3)N3CC(CCCCn5cc(cn5)S(=O)(=O)NC4=O)CC3(C)C)n2)CC1.CC1(CCOc2ccn(-c3ccc4c(n3)N3CC(CCCCn5cc(cn5)S(=O)(=O)NC4=O)CC3(C)C)n2)CC1.CC1(CCOc2ccn(-c3ccc4c(n3)N3CC(CCCCn5cc(cn5)S(=O)(=O)NC4=O)CC3(C)C)n2)CC1. The Morgan fingerprint density at radius 2 is 0.658 bits per heavy atom. The normalized spacial score (nSPS) is 23.0. The smallest absolute Gasteiger partial charge is 0.268 e. The molecule has 0 radical (unpaired) electrons. The van der Waals surface area contributed by atoms with E-state index >= 15 is 0 Å². The molecule has 120 heavy (non-hydrogen) atoms. The summed E-state index contributed by atoms with van der Waals surface area (Å²) in [6, 6.07) is 15.3. The van der Waals surface area contributed by atoms with Gasteiger partial charge in [0, 0.05) is 111 Å². The van der Waals surface area contributed by atoms with Crippen molar-refractivity contribution in [1.29, 1.82) is 0 Å². The molecule has 9 aromatic rings. The maximum absolute atomic E-state index is 13.5. The van der Waals surface area contributed by atoms with E-state index in [1.807, 2.05) is 0 Å². The number of hydrogen-bond donors (Lipinski definition) is 3. The van der Waals surface area contributed by atoms with Crippen LogP contribution in [0.5, 0.6) is 17.6 Å². The number of ether oxygens (including phenoxy) is 3. The van der Waals surface area contributed by atoms with E-state index in [4.69, 9.17) is 29.2 Å². The van der Waals surface area contributed by atoms with Crippen LogP contribution in [-0.2, 0) is 49.7 Å². The molecule has 36 heteroatoms. The summed E-state index contributed by atoms with van der Waals surface area (Å²) in [5.74, 6) is 3.58. The lowest BCUT2D eigenvalue weighted by molar-refractivity contribution is 0.0972. The first-order chi connectivity index (χ1) is 57.0. The van der Waals surface area contributed by atoms with Gasteiger partial charge in [0.2, 0.25) is 17.6 Å². The Bertz CT molecular complexity index is 5110. The van der Waals surface area contributed by atoms with Crippen molar-refractivity contribution >= 4 is 65.2 Å². The molecule has 18 rings (SSSR count). The van der Waals surface area contributed by atoms with Gasteiger partial charge < -0.3 is 28.9 Å². The van der Waals surface area contributed by atoms with Gasteiger partial charge in [0.25, 0.3) is 47.8 Å². The molecule has 0 spiro atoms. The van der Waals surface area contributed by atoms with E-state index in [9.17, 15) is 39.6 Å². The van der Waals surface area contributed by atoms with E-state index < -0.39 is 47.8 Å². The molecule has 6 fully saturated rings. The summed E-state index contributed by atoms with van der Waals surface area (Å²) in [5.41, 5.74) is 0.996. The Morgan fingerprint density at radius 3 is 0.925 bits per heavy atom. The standard InChI is InChI=1S/3C28H37N7O4S/c3*1-27(2)16-20-6-4-5-13-33-19-21(17-29-33)40(37,38)32-26(36)22-7-8-23(30-25(22)34(27)18-20)35-14-9-24(31-35)39-15-12-28(3)10-11-28/h3*7-9,14,17,19-20H,4-6,10-13,15-16,18H2,1-3H3,(H,32,36). The van der Waals surface area contributed by atoms with E-state index in [0.29, 0.717) is 126 Å². The van der Waals surface area contributed by atoms with Gasteiger partial charge in [-0.3, -0.25) is 28.4 Å². The minimum absolute atomic E-state index is 0.0382. The third-order valence-electron chi connectivity index (χ3n) is 25.7. The topological polar surface area (TPSA) is 373 Å². The highest BCUT2D eigenvalue weighted by molar-refractivity contribution is 7.90. The number of anilines is 3. The maximum atomic E-state index is 13.5. The lowest BCUT2D eigenvalue weighted by Gasteiger charge is -2.34. The fraction of sp³-hybridized carbons (Fsp3) is 0.571. The van der Waals surface area contributed by atoms with Gasteiger partial charge in [0.1, 0.15) is 32.1 Å². The quantitative estimate of drug-likeness (QED) is 0.0858. The van der Waals surface area contributed by atoms with Crippen molar-refractivity contribution in [2.24, 2.45) is 34.0 Å². The fourth-order valence-electron chi connectivity index (χ4n) is 17.5. The number of carbonyl (C=O) groups excluding carboxylic acids is 3. The molecule has 9 aliphatic rings. The van der Waals surface area contributed by atoms with Crippen LogP contribution in [0.4, 0.5) is 17.5 Å². The predicted molar refractivity (Wildman–Crippen MR) is 447 cm³/mol. The number of amides is 3. The lowest BCUT2D eigenvalue weighted by atomic mass is 9.93. The average molecular weight is 1700 g/mol. The van der Waals surface area contributed by atoms with Crippen molar-refractivity contribution in [3.63, 3.8) is 0 Å². The van der Waals surface area contributed by atoms with Gasteiger partial charge in [-0.1, -0.05) is 40.0 Å². The second kappa shape index (κ2) is 32.6. The maximum Gasteiger partial charge on any atom is 0.268 e. The van der Waals surface area contributed by atoms with Gasteiger partial charge in [0.05, 0.1) is 55.1 Å². The molecule has 15 heterocycles. The number of pyridine rings is 3. The Hall–Kier alpha value is -10.2. The van der Waals surface area contributed by atoms with E-state index in [0.717, 1.165) is 116 Å². The first kappa shape index (κ1) is 83.4. The van der Waals surface area contributed by atoms with Crippen LogP contribution in [0.1, 0.15) is 228 Å². The minimum Gasteiger partial charge on any atom is -0.477 e. The molecular formula is C84H111N21O12S3. The third-order valence-corrected chi connectivity index (χ3v) is 29.6. The fourth-order valence-corrected chi connectivity index (χ4v) is 20.2. The van der Waals surface area contributed by atoms with Crippen molar-refractivity contribution < 1.29 is 53.8 Å². The Morgan fingerprint density at radius 1 is 0.383 bits per heavy atom. The van der Waals surface area contributed by atoms with Crippen molar-refractivity contribution in [2.45, 2.75) is 248 Å². The Labute approximate surface area is 701 Å². The molecule has 3 unspecified atom stereocenters. The van der Waals surface area contributed by atoms with Gasteiger partial charge in [-0.15, -0.1) is 15.3 Å². The van der Waals surface area contributed by atoms with E-state index in [2.05, 4.69) is 122 Å². The van der Waals surface area contributed by atoms with Gasteiger partial charge >= 0.3 is 0 Å². The van der Waals surface area contributed by atoms with Crippen LogP contribution in [0.15, 0.2) is 125 Å². The highest BCUT2D eigenvalue weighted by Gasteiger charge is 2.46. The number of sulfonamides is 3. The summed E-state index contributed by atoms with van der Waals surface area (Å²) in [6.45, 7) is 25.6. The summed E-state index contributed by atoms with van der Waals surface area (Å²) in [5, 5.41) is 26.2. The molecule has 9 aromatic heterocycles. The predicted octanol–water partition coefficient (Wildman–Crippen LogP) is 11.8. The lowest BCUT2D eigenvalue weighted by Crippen LogP contribution is -2.41. The largest absolute Gasteiger partial charge is 0.477 e. The summed E-state index contributed by atoms with van der Waals surface area (Å²) in [4.78, 5) is 61.5. The number of carbonyl (C=O) groups is 3. The minimum atomic E-state index is -4.11.